The minimum Gasteiger partial charge on any atom is -0.313 e. The molecule has 1 N–H and O–H groups in total. The Morgan fingerprint density at radius 3 is 1.78 bits per heavy atom. The van der Waals surface area contributed by atoms with Gasteiger partial charge in [-0.3, -0.25) is 4.79 Å². The normalized spacial score (nSPS) is 17.1. The number of nitrogens with zero attached hydrogens (tertiary/aromatic N) is 1. The lowest BCUT2D eigenvalue weighted by Crippen LogP contribution is -2.42. The van der Waals surface area contributed by atoms with E-state index in [4.69, 9.17) is 0 Å². The third-order valence-corrected chi connectivity index (χ3v) is 8.24. The fourth-order valence-electron chi connectivity index (χ4n) is 3.43. The molecule has 3 aromatic carbocycles. The fourth-order valence-corrected chi connectivity index (χ4v) is 6.50. The number of hydrazone groups is 1. The quantitative estimate of drug-likeness (QED) is 0.713. The van der Waals surface area contributed by atoms with Crippen molar-refractivity contribution in [2.24, 2.45) is 5.10 Å². The van der Waals surface area contributed by atoms with Crippen molar-refractivity contribution < 1.29 is 9.36 Å². The van der Waals surface area contributed by atoms with Crippen LogP contribution < -0.4 is 16.0 Å². The standard InChI is InChI=1S/C22H19N2O2P/c25-22-21(16-20(23-24-22)17-10-4-1-5-11-17)27(26,18-12-6-2-7-13-18)19-14-8-3-9-15-19/h1-15,21H,16H2,(H,24,25)/t21-/m0/s1. The summed E-state index contributed by atoms with van der Waals surface area (Å²) >= 11 is 0. The Morgan fingerprint density at radius 2 is 1.26 bits per heavy atom. The van der Waals surface area contributed by atoms with Gasteiger partial charge in [-0.2, -0.15) is 5.10 Å². The van der Waals surface area contributed by atoms with Gasteiger partial charge in [0, 0.05) is 17.0 Å². The summed E-state index contributed by atoms with van der Waals surface area (Å²) in [7, 11) is -3.21. The van der Waals surface area contributed by atoms with Gasteiger partial charge in [0.2, 0.25) is 0 Å². The van der Waals surface area contributed by atoms with Gasteiger partial charge >= 0.3 is 0 Å². The molecule has 134 valence electrons. The minimum absolute atomic E-state index is 0.300. The molecular formula is C22H19N2O2P. The number of hydrogen-bond acceptors (Lipinski definition) is 3. The Hall–Kier alpha value is -2.97. The molecule has 0 spiro atoms. The Balaban J connectivity index is 1.82. The van der Waals surface area contributed by atoms with Crippen molar-refractivity contribution in [1.29, 1.82) is 0 Å². The molecule has 27 heavy (non-hydrogen) atoms. The zero-order valence-electron chi connectivity index (χ0n) is 14.7. The van der Waals surface area contributed by atoms with Crippen LogP contribution in [-0.2, 0) is 9.36 Å². The van der Waals surface area contributed by atoms with Gasteiger partial charge < -0.3 is 4.57 Å². The van der Waals surface area contributed by atoms with E-state index < -0.39 is 12.8 Å². The van der Waals surface area contributed by atoms with Crippen LogP contribution in [0.25, 0.3) is 0 Å². The summed E-state index contributed by atoms with van der Waals surface area (Å²) in [5.74, 6) is -0.300. The largest absolute Gasteiger partial charge is 0.313 e. The minimum atomic E-state index is -3.21. The van der Waals surface area contributed by atoms with Gasteiger partial charge in [-0.05, 0) is 5.56 Å². The molecule has 3 aromatic rings. The van der Waals surface area contributed by atoms with E-state index in [0.29, 0.717) is 17.0 Å². The Kier molecular flexibility index (Phi) is 4.74. The molecule has 0 saturated carbocycles. The SMILES string of the molecule is O=C1NN=C(c2ccccc2)C[C@@H]1P(=O)(c1ccccc1)c1ccccc1. The maximum atomic E-state index is 14.4. The summed E-state index contributed by atoms with van der Waals surface area (Å²) in [6.07, 6.45) is 0.330. The zero-order valence-corrected chi connectivity index (χ0v) is 15.6. The van der Waals surface area contributed by atoms with Crippen LogP contribution in [0.4, 0.5) is 0 Å². The summed E-state index contributed by atoms with van der Waals surface area (Å²) < 4.78 is 14.4. The van der Waals surface area contributed by atoms with Crippen LogP contribution in [-0.4, -0.2) is 17.3 Å². The highest BCUT2D eigenvalue weighted by Gasteiger charge is 2.43. The average molecular weight is 374 g/mol. The second-order valence-corrected chi connectivity index (χ2v) is 9.42. The molecule has 4 rings (SSSR count). The molecule has 1 heterocycles. The zero-order chi connectivity index (χ0) is 18.7. The van der Waals surface area contributed by atoms with Crippen LogP contribution in [0.1, 0.15) is 12.0 Å². The molecule has 1 aliphatic rings. The van der Waals surface area contributed by atoms with Gasteiger partial charge in [0.25, 0.3) is 5.91 Å². The lowest BCUT2D eigenvalue weighted by molar-refractivity contribution is -0.120. The molecule has 1 aliphatic heterocycles. The molecule has 0 aliphatic carbocycles. The lowest BCUT2D eigenvalue weighted by Gasteiger charge is -2.30. The highest BCUT2D eigenvalue weighted by atomic mass is 31.2. The molecule has 0 unspecified atom stereocenters. The first-order chi connectivity index (χ1) is 13.2. The van der Waals surface area contributed by atoms with Gasteiger partial charge in [-0.1, -0.05) is 91.0 Å². The molecule has 0 saturated heterocycles. The number of nitrogens with one attached hydrogen (secondary N) is 1. The van der Waals surface area contributed by atoms with E-state index in [-0.39, 0.29) is 5.91 Å². The van der Waals surface area contributed by atoms with Gasteiger partial charge in [-0.15, -0.1) is 0 Å². The summed E-state index contributed by atoms with van der Waals surface area (Å²) in [6, 6.07) is 28.3. The molecular weight excluding hydrogens is 355 g/mol. The van der Waals surface area contributed by atoms with E-state index in [0.717, 1.165) is 11.3 Å². The number of amides is 1. The molecule has 4 nitrogen and oxygen atoms in total. The summed E-state index contributed by atoms with van der Waals surface area (Å²) in [6.45, 7) is 0. The van der Waals surface area contributed by atoms with Gasteiger partial charge in [0.15, 0.2) is 7.14 Å². The van der Waals surface area contributed by atoms with Gasteiger partial charge in [0.05, 0.1) is 5.71 Å². The maximum absolute atomic E-state index is 14.4. The average Bonchev–Trinajstić information content (AvgIpc) is 2.75. The fraction of sp³-hybridized carbons (Fsp3) is 0.0909. The molecule has 0 bridgehead atoms. The third-order valence-electron chi connectivity index (χ3n) is 4.82. The lowest BCUT2D eigenvalue weighted by atomic mass is 10.0. The monoisotopic (exact) mass is 374 g/mol. The van der Waals surface area contributed by atoms with Gasteiger partial charge in [-0.25, -0.2) is 5.43 Å². The smallest absolute Gasteiger partial charge is 0.251 e. The van der Waals surface area contributed by atoms with Crippen molar-refractivity contribution in [2.45, 2.75) is 12.1 Å². The van der Waals surface area contributed by atoms with Crippen molar-refractivity contribution in [3.63, 3.8) is 0 Å². The highest BCUT2D eigenvalue weighted by molar-refractivity contribution is 7.80. The predicted octanol–water partition coefficient (Wildman–Crippen LogP) is 3.29. The maximum Gasteiger partial charge on any atom is 0.251 e. The summed E-state index contributed by atoms with van der Waals surface area (Å²) in [4.78, 5) is 12.8. The number of hydrogen-bond donors (Lipinski definition) is 1. The number of carbonyl (C=O) groups excluding carboxylic acids is 1. The van der Waals surface area contributed by atoms with E-state index in [1.165, 1.54) is 0 Å². The van der Waals surface area contributed by atoms with Crippen LogP contribution in [0.3, 0.4) is 0 Å². The Bertz CT molecular complexity index is 974. The van der Waals surface area contributed by atoms with E-state index >= 15 is 0 Å². The van der Waals surface area contributed by atoms with Crippen molar-refractivity contribution in [3.05, 3.63) is 96.6 Å². The molecule has 5 heteroatoms. The number of benzene rings is 3. The van der Waals surface area contributed by atoms with E-state index in [2.05, 4.69) is 10.5 Å². The molecule has 1 atom stereocenters. The second kappa shape index (κ2) is 7.34. The van der Waals surface area contributed by atoms with E-state index in [9.17, 15) is 9.36 Å². The van der Waals surface area contributed by atoms with Crippen LogP contribution >= 0.6 is 7.14 Å². The van der Waals surface area contributed by atoms with Crippen molar-refractivity contribution in [2.75, 3.05) is 0 Å². The molecule has 1 amide bonds. The second-order valence-electron chi connectivity index (χ2n) is 6.45. The Labute approximate surface area is 158 Å². The van der Waals surface area contributed by atoms with Crippen LogP contribution in [0.5, 0.6) is 0 Å². The highest BCUT2D eigenvalue weighted by Crippen LogP contribution is 2.51. The molecule has 0 aromatic heterocycles. The van der Waals surface area contributed by atoms with Crippen LogP contribution in [0, 0.1) is 0 Å². The van der Waals surface area contributed by atoms with Crippen molar-refractivity contribution in [3.8, 4) is 0 Å². The summed E-state index contributed by atoms with van der Waals surface area (Å²) in [5, 5.41) is 5.60. The van der Waals surface area contributed by atoms with Crippen molar-refractivity contribution in [1.82, 2.24) is 5.43 Å². The predicted molar refractivity (Wildman–Crippen MR) is 109 cm³/mol. The van der Waals surface area contributed by atoms with Gasteiger partial charge in [0.1, 0.15) is 5.66 Å². The first-order valence-corrected chi connectivity index (χ1v) is 10.6. The summed E-state index contributed by atoms with van der Waals surface area (Å²) in [5.41, 5.74) is 3.57. The first-order valence-electron chi connectivity index (χ1n) is 8.82. The van der Waals surface area contributed by atoms with E-state index in [1.54, 1.807) is 0 Å². The topological polar surface area (TPSA) is 58.5 Å². The molecule has 0 radical (unpaired) electrons. The number of rotatable bonds is 4. The van der Waals surface area contributed by atoms with Crippen LogP contribution in [0.15, 0.2) is 96.1 Å². The first kappa shape index (κ1) is 17.4. The van der Waals surface area contributed by atoms with E-state index in [1.807, 2.05) is 91.0 Å². The Morgan fingerprint density at radius 1 is 0.778 bits per heavy atom. The third kappa shape index (κ3) is 3.24. The van der Waals surface area contributed by atoms with Crippen LogP contribution in [0.2, 0.25) is 0 Å². The molecule has 0 fully saturated rings. The number of carbonyl (C=O) groups is 1. The van der Waals surface area contributed by atoms with Crippen molar-refractivity contribution >= 4 is 29.4 Å².